The summed E-state index contributed by atoms with van der Waals surface area (Å²) in [4.78, 5) is 14.8. The van der Waals surface area contributed by atoms with Crippen LogP contribution in [0.2, 0.25) is 5.02 Å². The summed E-state index contributed by atoms with van der Waals surface area (Å²) in [5, 5.41) is 4.69. The summed E-state index contributed by atoms with van der Waals surface area (Å²) in [5.74, 6) is 1.45. The van der Waals surface area contributed by atoms with Gasteiger partial charge in [0.2, 0.25) is 5.91 Å². The normalized spacial score (nSPS) is 11.0. The Hall–Kier alpha value is -1.46. The van der Waals surface area contributed by atoms with Gasteiger partial charge in [0, 0.05) is 23.0 Å². The smallest absolute Gasteiger partial charge is 0.233 e. The van der Waals surface area contributed by atoms with E-state index in [-0.39, 0.29) is 5.91 Å². The lowest BCUT2D eigenvalue weighted by molar-refractivity contribution is -0.127. The number of amides is 1. The van der Waals surface area contributed by atoms with E-state index in [4.69, 9.17) is 16.1 Å². The summed E-state index contributed by atoms with van der Waals surface area (Å²) in [5.41, 5.74) is 0.909. The SMILES string of the molecule is CC(C)c1cc(CN(C)C(=O)CSc2ccc(Cl)cc2)on1. The number of hydrogen-bond acceptors (Lipinski definition) is 4. The van der Waals surface area contributed by atoms with Crippen LogP contribution in [0, 0.1) is 0 Å². The Bertz CT molecular complexity index is 625. The van der Waals surface area contributed by atoms with E-state index in [1.807, 2.05) is 30.3 Å². The molecular weight excluding hydrogens is 320 g/mol. The molecular formula is C16H19ClN2O2S. The average molecular weight is 339 g/mol. The van der Waals surface area contributed by atoms with Crippen molar-refractivity contribution in [3.05, 3.63) is 46.8 Å². The zero-order valence-corrected chi connectivity index (χ0v) is 14.4. The molecule has 0 radical (unpaired) electrons. The Morgan fingerprint density at radius 2 is 2.05 bits per heavy atom. The molecule has 0 aliphatic heterocycles. The van der Waals surface area contributed by atoms with Crippen molar-refractivity contribution in [3.63, 3.8) is 0 Å². The van der Waals surface area contributed by atoms with Gasteiger partial charge >= 0.3 is 0 Å². The van der Waals surface area contributed by atoms with Crippen molar-refractivity contribution in [1.29, 1.82) is 0 Å². The first kappa shape index (κ1) is 16.9. The van der Waals surface area contributed by atoms with Crippen LogP contribution >= 0.6 is 23.4 Å². The van der Waals surface area contributed by atoms with Gasteiger partial charge in [-0.1, -0.05) is 30.6 Å². The Morgan fingerprint density at radius 1 is 1.36 bits per heavy atom. The first-order valence-electron chi connectivity index (χ1n) is 7.03. The third kappa shape index (κ3) is 4.78. The van der Waals surface area contributed by atoms with Gasteiger partial charge in [0.25, 0.3) is 0 Å². The van der Waals surface area contributed by atoms with Crippen LogP contribution in [0.15, 0.2) is 39.8 Å². The maximum atomic E-state index is 12.1. The van der Waals surface area contributed by atoms with Crippen molar-refractivity contribution < 1.29 is 9.32 Å². The van der Waals surface area contributed by atoms with E-state index in [9.17, 15) is 4.79 Å². The number of carbonyl (C=O) groups excluding carboxylic acids is 1. The summed E-state index contributed by atoms with van der Waals surface area (Å²) in [7, 11) is 1.77. The van der Waals surface area contributed by atoms with E-state index in [1.54, 1.807) is 11.9 Å². The van der Waals surface area contributed by atoms with E-state index >= 15 is 0 Å². The van der Waals surface area contributed by atoms with Gasteiger partial charge in [0.15, 0.2) is 5.76 Å². The number of hydrogen-bond donors (Lipinski definition) is 0. The summed E-state index contributed by atoms with van der Waals surface area (Å²) in [6.07, 6.45) is 0. The van der Waals surface area contributed by atoms with Crippen LogP contribution in [0.3, 0.4) is 0 Å². The molecule has 2 aromatic rings. The van der Waals surface area contributed by atoms with Crippen LogP contribution < -0.4 is 0 Å². The summed E-state index contributed by atoms with van der Waals surface area (Å²) in [6, 6.07) is 9.36. The number of aromatic nitrogens is 1. The fourth-order valence-corrected chi connectivity index (χ4v) is 2.75. The lowest BCUT2D eigenvalue weighted by atomic mass is 10.1. The maximum Gasteiger partial charge on any atom is 0.233 e. The molecule has 0 aliphatic rings. The molecule has 0 atom stereocenters. The van der Waals surface area contributed by atoms with Crippen LogP contribution in [-0.4, -0.2) is 28.8 Å². The minimum Gasteiger partial charge on any atom is -0.359 e. The minimum atomic E-state index is 0.0439. The van der Waals surface area contributed by atoms with Gasteiger partial charge in [-0.05, 0) is 30.2 Å². The highest BCUT2D eigenvalue weighted by Crippen LogP contribution is 2.21. The van der Waals surface area contributed by atoms with Crippen LogP contribution in [0.4, 0.5) is 0 Å². The van der Waals surface area contributed by atoms with E-state index in [0.29, 0.717) is 29.0 Å². The molecule has 22 heavy (non-hydrogen) atoms. The molecule has 0 saturated carbocycles. The van der Waals surface area contributed by atoms with Gasteiger partial charge in [0.05, 0.1) is 18.0 Å². The fraction of sp³-hybridized carbons (Fsp3) is 0.375. The quantitative estimate of drug-likeness (QED) is 0.740. The largest absolute Gasteiger partial charge is 0.359 e. The summed E-state index contributed by atoms with van der Waals surface area (Å²) < 4.78 is 5.26. The lowest BCUT2D eigenvalue weighted by Crippen LogP contribution is -2.27. The highest BCUT2D eigenvalue weighted by atomic mass is 35.5. The van der Waals surface area contributed by atoms with Gasteiger partial charge in [-0.3, -0.25) is 4.79 Å². The van der Waals surface area contributed by atoms with E-state index < -0.39 is 0 Å². The number of benzene rings is 1. The van der Waals surface area contributed by atoms with Gasteiger partial charge < -0.3 is 9.42 Å². The highest BCUT2D eigenvalue weighted by molar-refractivity contribution is 8.00. The maximum absolute atomic E-state index is 12.1. The highest BCUT2D eigenvalue weighted by Gasteiger charge is 2.14. The Labute approximate surface area is 139 Å². The van der Waals surface area contributed by atoms with Crippen molar-refractivity contribution in [2.24, 2.45) is 0 Å². The number of thioether (sulfide) groups is 1. The number of halogens is 1. The third-order valence-electron chi connectivity index (χ3n) is 3.16. The molecule has 0 fully saturated rings. The average Bonchev–Trinajstić information content (AvgIpc) is 2.95. The molecule has 0 saturated heterocycles. The van der Waals surface area contributed by atoms with Gasteiger partial charge in [0.1, 0.15) is 0 Å². The second-order valence-electron chi connectivity index (χ2n) is 5.37. The number of carbonyl (C=O) groups is 1. The second-order valence-corrected chi connectivity index (χ2v) is 6.85. The first-order valence-corrected chi connectivity index (χ1v) is 8.40. The molecule has 1 aromatic heterocycles. The van der Waals surface area contributed by atoms with Crippen LogP contribution in [-0.2, 0) is 11.3 Å². The third-order valence-corrected chi connectivity index (χ3v) is 4.41. The molecule has 0 unspecified atom stereocenters. The van der Waals surface area contributed by atoms with Crippen LogP contribution in [0.5, 0.6) is 0 Å². The molecule has 0 aliphatic carbocycles. The first-order chi connectivity index (χ1) is 10.5. The van der Waals surface area contributed by atoms with Crippen LogP contribution in [0.25, 0.3) is 0 Å². The van der Waals surface area contributed by atoms with E-state index in [1.165, 1.54) is 11.8 Å². The molecule has 118 valence electrons. The fourth-order valence-electron chi connectivity index (χ4n) is 1.78. The second kappa shape index (κ2) is 7.70. The molecule has 2 rings (SSSR count). The zero-order chi connectivity index (χ0) is 16.1. The van der Waals surface area contributed by atoms with Gasteiger partial charge in [-0.25, -0.2) is 0 Å². The van der Waals surface area contributed by atoms with Crippen LogP contribution in [0.1, 0.15) is 31.2 Å². The molecule has 1 amide bonds. The van der Waals surface area contributed by atoms with E-state index in [0.717, 1.165) is 10.6 Å². The number of rotatable bonds is 6. The Balaban J connectivity index is 1.84. The zero-order valence-electron chi connectivity index (χ0n) is 12.9. The Morgan fingerprint density at radius 3 is 2.64 bits per heavy atom. The molecule has 6 heteroatoms. The standard InChI is InChI=1S/C16H19ClN2O2S/c1-11(2)15-8-13(21-18-15)9-19(3)16(20)10-22-14-6-4-12(17)5-7-14/h4-8,11H,9-10H2,1-3H3. The number of nitrogens with zero attached hydrogens (tertiary/aromatic N) is 2. The van der Waals surface area contributed by atoms with Crippen molar-refractivity contribution in [2.45, 2.75) is 31.2 Å². The van der Waals surface area contributed by atoms with Gasteiger partial charge in [-0.2, -0.15) is 0 Å². The molecule has 0 N–H and O–H groups in total. The summed E-state index contributed by atoms with van der Waals surface area (Å²) in [6.45, 7) is 4.54. The molecule has 4 nitrogen and oxygen atoms in total. The van der Waals surface area contributed by atoms with Crippen molar-refractivity contribution >= 4 is 29.3 Å². The monoisotopic (exact) mass is 338 g/mol. The van der Waals surface area contributed by atoms with Crippen molar-refractivity contribution in [2.75, 3.05) is 12.8 Å². The predicted octanol–water partition coefficient (Wildman–Crippen LogP) is 4.20. The lowest BCUT2D eigenvalue weighted by Gasteiger charge is -2.14. The Kier molecular flexibility index (Phi) is 5.91. The molecule has 1 heterocycles. The predicted molar refractivity (Wildman–Crippen MR) is 89.2 cm³/mol. The topological polar surface area (TPSA) is 46.3 Å². The molecule has 1 aromatic carbocycles. The van der Waals surface area contributed by atoms with Gasteiger partial charge in [-0.15, -0.1) is 11.8 Å². The minimum absolute atomic E-state index is 0.0439. The summed E-state index contributed by atoms with van der Waals surface area (Å²) >= 11 is 7.33. The molecule has 0 spiro atoms. The molecule has 0 bridgehead atoms. The van der Waals surface area contributed by atoms with Crippen molar-refractivity contribution in [3.8, 4) is 0 Å². The van der Waals surface area contributed by atoms with Crippen molar-refractivity contribution in [1.82, 2.24) is 10.1 Å². The van der Waals surface area contributed by atoms with E-state index in [2.05, 4.69) is 19.0 Å².